The fraction of sp³-hybridized carbons (Fsp3) is 0.980. The van der Waals surface area contributed by atoms with Crippen LogP contribution in [0.4, 0.5) is 0 Å². The zero-order valence-corrected chi connectivity index (χ0v) is 41.0. The first-order valence-corrected chi connectivity index (χ1v) is 26.8. The summed E-state index contributed by atoms with van der Waals surface area (Å²) in [4.78, 5) is 12.6. The van der Waals surface area contributed by atoms with E-state index in [0.717, 1.165) is 25.7 Å². The Morgan fingerprint density at radius 3 is 1.28 bits per heavy atom. The highest BCUT2D eigenvalue weighted by atomic mass is 16.7. The van der Waals surface area contributed by atoms with Gasteiger partial charge in [0.2, 0.25) is 5.91 Å². The molecule has 14 nitrogen and oxygen atoms in total. The van der Waals surface area contributed by atoms with Gasteiger partial charge in [-0.05, 0) is 12.8 Å². The van der Waals surface area contributed by atoms with Gasteiger partial charge < -0.3 is 65.1 Å². The maximum Gasteiger partial charge on any atom is 0.220 e. The molecular formula is C51H99NO13. The van der Waals surface area contributed by atoms with Crippen LogP contribution in [0, 0.1) is 0 Å². The summed E-state index contributed by atoms with van der Waals surface area (Å²) in [6.45, 7) is 2.51. The van der Waals surface area contributed by atoms with E-state index in [4.69, 9.17) is 18.9 Å². The van der Waals surface area contributed by atoms with Crippen LogP contribution >= 0.6 is 0 Å². The zero-order chi connectivity index (χ0) is 47.5. The molecule has 9 N–H and O–H groups in total. The van der Waals surface area contributed by atoms with Crippen LogP contribution in [0.1, 0.15) is 226 Å². The minimum absolute atomic E-state index is 0.249. The molecule has 65 heavy (non-hydrogen) atoms. The van der Waals surface area contributed by atoms with Crippen molar-refractivity contribution < 1.29 is 64.6 Å². The Labute approximate surface area is 393 Å². The predicted octanol–water partition coefficient (Wildman–Crippen LogP) is 7.39. The standard InChI is InChI=1S/C51H99NO13/c1-3-5-6-7-8-9-10-11-12-13-14-15-16-17-18-19-20-21-22-23-24-25-26-27-28-29-30-31-32-33-35-40(55)39(52-43(56)34-4-2)38-62-50-48(61)46(59)49(42(37-54)64-50)65-51-47(60)45(58)44(57)41(36-53)63-51/h39-42,44-51,53-55,57-61H,3-38H2,1-2H3,(H,52,56). The van der Waals surface area contributed by atoms with E-state index in [1.165, 1.54) is 167 Å². The van der Waals surface area contributed by atoms with Crippen molar-refractivity contribution in [1.82, 2.24) is 5.32 Å². The van der Waals surface area contributed by atoms with Crippen molar-refractivity contribution in [2.45, 2.75) is 299 Å². The second-order valence-electron chi connectivity index (χ2n) is 19.4. The normalized spacial score (nSPS) is 26.9. The van der Waals surface area contributed by atoms with Gasteiger partial charge in [0.15, 0.2) is 12.6 Å². The first kappa shape index (κ1) is 60.1. The summed E-state index contributed by atoms with van der Waals surface area (Å²) in [7, 11) is 0. The first-order chi connectivity index (χ1) is 31.6. The van der Waals surface area contributed by atoms with E-state index < -0.39 is 86.8 Å². The topological polar surface area (TPSA) is 228 Å². The summed E-state index contributed by atoms with van der Waals surface area (Å²) >= 11 is 0. The average molecular weight is 934 g/mol. The lowest BCUT2D eigenvalue weighted by Gasteiger charge is -2.46. The SMILES string of the molecule is CCCCCCCCCCCCCCCCCCCCCCCCCCCCCCCCC(O)C(COC1OC(CO)C(OC2OC(CO)C(O)C(O)C2O)C(O)C1O)NC(=O)CCC. The predicted molar refractivity (Wildman–Crippen MR) is 254 cm³/mol. The molecule has 2 saturated heterocycles. The van der Waals surface area contributed by atoms with Crippen molar-refractivity contribution in [3.05, 3.63) is 0 Å². The van der Waals surface area contributed by atoms with Gasteiger partial charge in [-0.3, -0.25) is 4.79 Å². The van der Waals surface area contributed by atoms with Crippen LogP contribution in [0.25, 0.3) is 0 Å². The highest BCUT2D eigenvalue weighted by Crippen LogP contribution is 2.30. The van der Waals surface area contributed by atoms with Gasteiger partial charge in [0.1, 0.15) is 48.8 Å². The third-order valence-corrected chi connectivity index (χ3v) is 13.5. The number of aliphatic hydroxyl groups is 8. The number of ether oxygens (including phenoxy) is 4. The van der Waals surface area contributed by atoms with Gasteiger partial charge in [-0.15, -0.1) is 0 Å². The van der Waals surface area contributed by atoms with Crippen molar-refractivity contribution in [3.63, 3.8) is 0 Å². The Bertz CT molecular complexity index is 1100. The lowest BCUT2D eigenvalue weighted by molar-refractivity contribution is -0.359. The molecule has 0 aromatic carbocycles. The van der Waals surface area contributed by atoms with Crippen LogP contribution in [0.3, 0.4) is 0 Å². The molecule has 2 fully saturated rings. The van der Waals surface area contributed by atoms with Gasteiger partial charge in [0.05, 0.1) is 32.0 Å². The molecule has 0 bridgehead atoms. The Balaban J connectivity index is 1.50. The number of carbonyl (C=O) groups excluding carboxylic acids is 1. The maximum atomic E-state index is 12.6. The molecule has 0 saturated carbocycles. The minimum atomic E-state index is -1.78. The highest BCUT2D eigenvalue weighted by molar-refractivity contribution is 5.76. The number of rotatable bonds is 42. The van der Waals surface area contributed by atoms with Gasteiger partial charge >= 0.3 is 0 Å². The van der Waals surface area contributed by atoms with Crippen LogP contribution in [0.2, 0.25) is 0 Å². The second-order valence-corrected chi connectivity index (χ2v) is 19.4. The molecule has 0 aromatic rings. The molecule has 14 heteroatoms. The van der Waals surface area contributed by atoms with Crippen molar-refractivity contribution in [3.8, 4) is 0 Å². The van der Waals surface area contributed by atoms with Gasteiger partial charge in [-0.1, -0.05) is 206 Å². The quantitative estimate of drug-likeness (QED) is 0.0273. The lowest BCUT2D eigenvalue weighted by Crippen LogP contribution is -2.65. The van der Waals surface area contributed by atoms with E-state index in [2.05, 4.69) is 12.2 Å². The Hall–Kier alpha value is -1.01. The van der Waals surface area contributed by atoms with E-state index in [0.29, 0.717) is 12.8 Å². The summed E-state index contributed by atoms with van der Waals surface area (Å²) in [5.41, 5.74) is 0. The largest absolute Gasteiger partial charge is 0.394 e. The van der Waals surface area contributed by atoms with Crippen LogP contribution in [-0.2, 0) is 23.7 Å². The maximum absolute atomic E-state index is 12.6. The Morgan fingerprint density at radius 2 is 0.877 bits per heavy atom. The second kappa shape index (κ2) is 38.8. The molecule has 0 aromatic heterocycles. The molecule has 0 aliphatic carbocycles. The molecule has 12 unspecified atom stereocenters. The number of unbranched alkanes of at least 4 members (excludes halogenated alkanes) is 29. The molecule has 2 aliphatic rings. The highest BCUT2D eigenvalue weighted by Gasteiger charge is 2.51. The minimum Gasteiger partial charge on any atom is -0.394 e. The van der Waals surface area contributed by atoms with E-state index in [-0.39, 0.29) is 18.9 Å². The van der Waals surface area contributed by atoms with E-state index in [1.54, 1.807) is 0 Å². The third-order valence-electron chi connectivity index (χ3n) is 13.5. The number of amides is 1. The summed E-state index contributed by atoms with van der Waals surface area (Å²) in [6, 6.07) is -0.818. The lowest BCUT2D eigenvalue weighted by atomic mass is 9.97. The first-order valence-electron chi connectivity index (χ1n) is 26.8. The summed E-state index contributed by atoms with van der Waals surface area (Å²) in [5, 5.41) is 85.9. The molecule has 2 rings (SSSR count). The Morgan fingerprint density at radius 1 is 0.492 bits per heavy atom. The number of hydrogen-bond acceptors (Lipinski definition) is 13. The van der Waals surface area contributed by atoms with Crippen molar-refractivity contribution in [2.24, 2.45) is 0 Å². The van der Waals surface area contributed by atoms with E-state index in [1.807, 2.05) is 6.92 Å². The van der Waals surface area contributed by atoms with Gasteiger partial charge in [0.25, 0.3) is 0 Å². The van der Waals surface area contributed by atoms with Gasteiger partial charge in [-0.2, -0.15) is 0 Å². The molecule has 0 radical (unpaired) electrons. The van der Waals surface area contributed by atoms with E-state index >= 15 is 0 Å². The average Bonchev–Trinajstić information content (AvgIpc) is 3.30. The van der Waals surface area contributed by atoms with Crippen molar-refractivity contribution >= 4 is 5.91 Å². The van der Waals surface area contributed by atoms with Crippen LogP contribution < -0.4 is 5.32 Å². The summed E-state index contributed by atoms with van der Waals surface area (Å²) < 4.78 is 22.5. The van der Waals surface area contributed by atoms with Crippen molar-refractivity contribution in [2.75, 3.05) is 19.8 Å². The number of hydrogen-bond donors (Lipinski definition) is 9. The molecule has 2 aliphatic heterocycles. The molecule has 0 spiro atoms. The summed E-state index contributed by atoms with van der Waals surface area (Å²) in [5.74, 6) is -0.257. The van der Waals surface area contributed by atoms with E-state index in [9.17, 15) is 45.6 Å². The van der Waals surface area contributed by atoms with Crippen LogP contribution in [0.15, 0.2) is 0 Å². The molecular weight excluding hydrogens is 835 g/mol. The fourth-order valence-corrected chi connectivity index (χ4v) is 9.22. The third kappa shape index (κ3) is 26.0. The summed E-state index contributed by atoms with van der Waals surface area (Å²) in [6.07, 6.45) is 24.8. The number of nitrogens with one attached hydrogen (secondary N) is 1. The molecule has 12 atom stereocenters. The van der Waals surface area contributed by atoms with Gasteiger partial charge in [0, 0.05) is 6.42 Å². The Kier molecular flexibility index (Phi) is 35.9. The molecule has 386 valence electrons. The van der Waals surface area contributed by atoms with Crippen LogP contribution in [-0.4, -0.2) is 140 Å². The number of carbonyl (C=O) groups is 1. The monoisotopic (exact) mass is 934 g/mol. The fourth-order valence-electron chi connectivity index (χ4n) is 9.22. The number of aliphatic hydroxyl groups excluding tert-OH is 8. The van der Waals surface area contributed by atoms with Crippen LogP contribution in [0.5, 0.6) is 0 Å². The zero-order valence-electron chi connectivity index (χ0n) is 41.0. The van der Waals surface area contributed by atoms with Gasteiger partial charge in [-0.25, -0.2) is 0 Å². The molecule has 2 heterocycles. The van der Waals surface area contributed by atoms with Crippen molar-refractivity contribution in [1.29, 1.82) is 0 Å². The molecule has 1 amide bonds. The smallest absolute Gasteiger partial charge is 0.220 e.